The highest BCUT2D eigenvalue weighted by Gasteiger charge is 2.12. The molecule has 0 aliphatic rings. The van der Waals surface area contributed by atoms with E-state index in [2.05, 4.69) is 15.9 Å². The molecule has 0 saturated carbocycles. The van der Waals surface area contributed by atoms with Gasteiger partial charge in [0.25, 0.3) is 0 Å². The summed E-state index contributed by atoms with van der Waals surface area (Å²) >= 11 is 3.22. The van der Waals surface area contributed by atoms with Crippen LogP contribution in [-0.2, 0) is 6.42 Å². The Bertz CT molecular complexity index is 502. The lowest BCUT2D eigenvalue weighted by Gasteiger charge is -2.08. The molecule has 1 aromatic heterocycles. The number of benzene rings is 1. The molecule has 1 heterocycles. The fourth-order valence-corrected chi connectivity index (χ4v) is 2.22. The summed E-state index contributed by atoms with van der Waals surface area (Å²) in [6.45, 7) is 1.81. The SMILES string of the molecule is Cc1cc(C(O)Cc2cc(F)cc(Br)c2)co1. The first-order valence-corrected chi connectivity index (χ1v) is 6.02. The fourth-order valence-electron chi connectivity index (χ4n) is 1.71. The van der Waals surface area contributed by atoms with Gasteiger partial charge < -0.3 is 9.52 Å². The molecule has 2 rings (SSSR count). The van der Waals surface area contributed by atoms with Crippen LogP contribution in [0.2, 0.25) is 0 Å². The summed E-state index contributed by atoms with van der Waals surface area (Å²) in [5.74, 6) is 0.435. The molecule has 0 amide bonds. The third-order valence-electron chi connectivity index (χ3n) is 2.49. The van der Waals surface area contributed by atoms with E-state index >= 15 is 0 Å². The molecule has 1 unspecified atom stereocenters. The highest BCUT2D eigenvalue weighted by Crippen LogP contribution is 2.23. The molecule has 0 radical (unpaired) electrons. The largest absolute Gasteiger partial charge is 0.469 e. The van der Waals surface area contributed by atoms with Crippen LogP contribution in [0, 0.1) is 12.7 Å². The molecule has 1 aromatic carbocycles. The second-order valence-corrected chi connectivity index (χ2v) is 4.90. The molecule has 4 heteroatoms. The van der Waals surface area contributed by atoms with Crippen molar-refractivity contribution in [3.63, 3.8) is 0 Å². The molecule has 0 bridgehead atoms. The summed E-state index contributed by atoms with van der Waals surface area (Å²) in [6, 6.07) is 6.37. The van der Waals surface area contributed by atoms with Crippen molar-refractivity contribution in [1.82, 2.24) is 0 Å². The maximum absolute atomic E-state index is 13.2. The van der Waals surface area contributed by atoms with Gasteiger partial charge >= 0.3 is 0 Å². The third-order valence-corrected chi connectivity index (χ3v) is 2.94. The van der Waals surface area contributed by atoms with Gasteiger partial charge in [-0.05, 0) is 36.8 Å². The van der Waals surface area contributed by atoms with Crippen LogP contribution in [0.3, 0.4) is 0 Å². The van der Waals surface area contributed by atoms with Crippen LogP contribution in [0.1, 0.15) is 23.0 Å². The predicted molar refractivity (Wildman–Crippen MR) is 66.2 cm³/mol. The smallest absolute Gasteiger partial charge is 0.124 e. The molecule has 0 fully saturated rings. The van der Waals surface area contributed by atoms with Gasteiger partial charge in [-0.15, -0.1) is 0 Å². The number of aliphatic hydroxyl groups excluding tert-OH is 1. The quantitative estimate of drug-likeness (QED) is 0.936. The normalized spacial score (nSPS) is 12.7. The Morgan fingerprint density at radius 1 is 1.35 bits per heavy atom. The van der Waals surface area contributed by atoms with E-state index in [-0.39, 0.29) is 5.82 Å². The van der Waals surface area contributed by atoms with Gasteiger partial charge in [0.2, 0.25) is 0 Å². The Balaban J connectivity index is 2.15. The minimum atomic E-state index is -0.679. The predicted octanol–water partition coefficient (Wildman–Crippen LogP) is 3.77. The van der Waals surface area contributed by atoms with E-state index in [1.807, 2.05) is 6.92 Å². The molecular weight excluding hydrogens is 287 g/mol. The minimum absolute atomic E-state index is 0.315. The van der Waals surface area contributed by atoms with Gasteiger partial charge in [0, 0.05) is 16.5 Å². The number of hydrogen-bond acceptors (Lipinski definition) is 2. The van der Waals surface area contributed by atoms with Crippen molar-refractivity contribution >= 4 is 15.9 Å². The maximum atomic E-state index is 13.2. The second kappa shape index (κ2) is 5.02. The molecule has 2 nitrogen and oxygen atoms in total. The molecule has 0 aliphatic heterocycles. The van der Waals surface area contributed by atoms with Gasteiger partial charge in [-0.2, -0.15) is 0 Å². The summed E-state index contributed by atoms with van der Waals surface area (Å²) in [5, 5.41) is 9.97. The van der Waals surface area contributed by atoms with E-state index in [1.165, 1.54) is 18.4 Å². The molecule has 17 heavy (non-hydrogen) atoms. The van der Waals surface area contributed by atoms with Crippen molar-refractivity contribution in [1.29, 1.82) is 0 Å². The monoisotopic (exact) mass is 298 g/mol. The van der Waals surface area contributed by atoms with Crippen LogP contribution >= 0.6 is 15.9 Å². The van der Waals surface area contributed by atoms with E-state index in [0.717, 1.165) is 11.3 Å². The zero-order chi connectivity index (χ0) is 12.4. The summed E-state index contributed by atoms with van der Waals surface area (Å²) in [7, 11) is 0. The topological polar surface area (TPSA) is 33.4 Å². The molecule has 0 aliphatic carbocycles. The summed E-state index contributed by atoms with van der Waals surface area (Å²) in [6.07, 6.45) is 1.20. The first-order chi connectivity index (χ1) is 8.04. The van der Waals surface area contributed by atoms with Gasteiger partial charge in [0.15, 0.2) is 0 Å². The number of aryl methyl sites for hydroxylation is 1. The van der Waals surface area contributed by atoms with Crippen molar-refractivity contribution in [2.45, 2.75) is 19.4 Å². The van der Waals surface area contributed by atoms with Crippen molar-refractivity contribution in [2.75, 3.05) is 0 Å². The molecule has 0 saturated heterocycles. The Morgan fingerprint density at radius 2 is 2.12 bits per heavy atom. The van der Waals surface area contributed by atoms with Gasteiger partial charge in [-0.3, -0.25) is 0 Å². The lowest BCUT2D eigenvalue weighted by molar-refractivity contribution is 0.177. The van der Waals surface area contributed by atoms with Crippen LogP contribution in [0.5, 0.6) is 0 Å². The lowest BCUT2D eigenvalue weighted by atomic mass is 10.0. The summed E-state index contributed by atoms with van der Waals surface area (Å²) in [5.41, 5.74) is 1.45. The molecule has 1 atom stereocenters. The van der Waals surface area contributed by atoms with Crippen LogP contribution in [-0.4, -0.2) is 5.11 Å². The van der Waals surface area contributed by atoms with Crippen LogP contribution < -0.4 is 0 Å². The molecular formula is C13H12BrFO2. The Hall–Kier alpha value is -1.13. The fraction of sp³-hybridized carbons (Fsp3) is 0.231. The molecule has 0 spiro atoms. The van der Waals surface area contributed by atoms with Crippen molar-refractivity contribution in [3.05, 3.63) is 57.7 Å². The van der Waals surface area contributed by atoms with Crippen LogP contribution in [0.4, 0.5) is 4.39 Å². The standard InChI is InChI=1S/C13H12BrFO2/c1-8-2-10(7-17-8)13(16)5-9-3-11(14)6-12(15)4-9/h2-4,6-7,13,16H,5H2,1H3. The van der Waals surface area contributed by atoms with E-state index < -0.39 is 6.10 Å². The number of rotatable bonds is 3. The molecule has 1 N–H and O–H groups in total. The number of hydrogen-bond donors (Lipinski definition) is 1. The van der Waals surface area contributed by atoms with Gasteiger partial charge in [0.1, 0.15) is 11.6 Å². The zero-order valence-corrected chi connectivity index (χ0v) is 10.9. The van der Waals surface area contributed by atoms with Crippen molar-refractivity contribution in [3.8, 4) is 0 Å². The van der Waals surface area contributed by atoms with Crippen molar-refractivity contribution < 1.29 is 13.9 Å². The lowest BCUT2D eigenvalue weighted by Crippen LogP contribution is -2.00. The summed E-state index contributed by atoms with van der Waals surface area (Å²) < 4.78 is 19.0. The highest BCUT2D eigenvalue weighted by atomic mass is 79.9. The first kappa shape index (κ1) is 12.3. The Morgan fingerprint density at radius 3 is 2.71 bits per heavy atom. The first-order valence-electron chi connectivity index (χ1n) is 5.22. The van der Waals surface area contributed by atoms with Crippen molar-refractivity contribution in [2.24, 2.45) is 0 Å². The maximum Gasteiger partial charge on any atom is 0.124 e. The van der Waals surface area contributed by atoms with E-state index in [4.69, 9.17) is 4.42 Å². The average molecular weight is 299 g/mol. The Kier molecular flexibility index (Phi) is 3.64. The Labute approximate surface area is 107 Å². The van der Waals surface area contributed by atoms with Gasteiger partial charge in [0.05, 0.1) is 12.4 Å². The minimum Gasteiger partial charge on any atom is -0.469 e. The van der Waals surface area contributed by atoms with E-state index in [0.29, 0.717) is 16.5 Å². The molecule has 2 aromatic rings. The van der Waals surface area contributed by atoms with Gasteiger partial charge in [-0.25, -0.2) is 4.39 Å². The third kappa shape index (κ3) is 3.17. The zero-order valence-electron chi connectivity index (χ0n) is 9.28. The van der Waals surface area contributed by atoms with Gasteiger partial charge in [-0.1, -0.05) is 15.9 Å². The number of aliphatic hydroxyl groups is 1. The average Bonchev–Trinajstić information content (AvgIpc) is 2.63. The van der Waals surface area contributed by atoms with E-state index in [1.54, 1.807) is 12.1 Å². The highest BCUT2D eigenvalue weighted by molar-refractivity contribution is 9.10. The molecule has 90 valence electrons. The van der Waals surface area contributed by atoms with Crippen LogP contribution in [0.25, 0.3) is 0 Å². The number of halogens is 2. The summed E-state index contributed by atoms with van der Waals surface area (Å²) in [4.78, 5) is 0. The van der Waals surface area contributed by atoms with E-state index in [9.17, 15) is 9.50 Å². The number of furan rings is 1. The van der Waals surface area contributed by atoms with Crippen LogP contribution in [0.15, 0.2) is 39.4 Å². The second-order valence-electron chi connectivity index (χ2n) is 3.99.